The third kappa shape index (κ3) is 1.81. The first kappa shape index (κ1) is 8.90. The monoisotopic (exact) mass is 258 g/mol. The number of rotatable bonds is 2. The van der Waals surface area contributed by atoms with Crippen molar-refractivity contribution in [1.82, 2.24) is 9.36 Å². The van der Waals surface area contributed by atoms with Crippen LogP contribution in [0.4, 0.5) is 0 Å². The Morgan fingerprint density at radius 1 is 1.54 bits per heavy atom. The number of aryl methyl sites for hydroxylation is 1. The minimum atomic E-state index is 0.613. The van der Waals surface area contributed by atoms with Crippen molar-refractivity contribution in [3.05, 3.63) is 22.6 Å². The largest absolute Gasteiger partial charge is 0.459 e. The smallest absolute Gasteiger partial charge is 0.209 e. The molecule has 0 aliphatic carbocycles. The molecule has 0 bridgehead atoms. The number of hydrogen-bond acceptors (Lipinski definition) is 4. The Hall–Kier alpha value is -0.680. The van der Waals surface area contributed by atoms with Crippen LogP contribution in [0.2, 0.25) is 0 Å². The van der Waals surface area contributed by atoms with Gasteiger partial charge >= 0.3 is 0 Å². The first-order chi connectivity index (χ1) is 6.29. The summed E-state index contributed by atoms with van der Waals surface area (Å²) in [5.74, 6) is 1.77. The summed E-state index contributed by atoms with van der Waals surface area (Å²) in [7, 11) is 0. The van der Waals surface area contributed by atoms with Gasteiger partial charge in [0.1, 0.15) is 5.76 Å². The summed E-state index contributed by atoms with van der Waals surface area (Å²) in [6.07, 6.45) is 0.903. The predicted molar refractivity (Wildman–Crippen MR) is 54.7 cm³/mol. The molecule has 0 saturated heterocycles. The summed E-state index contributed by atoms with van der Waals surface area (Å²) in [5, 5.41) is 0.812. The van der Waals surface area contributed by atoms with E-state index in [0.717, 1.165) is 22.9 Å². The van der Waals surface area contributed by atoms with Crippen molar-refractivity contribution in [1.29, 1.82) is 0 Å². The minimum absolute atomic E-state index is 0.613. The van der Waals surface area contributed by atoms with Crippen molar-refractivity contribution in [2.45, 2.75) is 13.3 Å². The van der Waals surface area contributed by atoms with Gasteiger partial charge in [0.05, 0.1) is 0 Å². The fourth-order valence-electron chi connectivity index (χ4n) is 0.988. The first-order valence-corrected chi connectivity index (χ1v) is 5.44. The van der Waals surface area contributed by atoms with Gasteiger partial charge in [-0.3, -0.25) is 0 Å². The van der Waals surface area contributed by atoms with Gasteiger partial charge in [0.15, 0.2) is 10.8 Å². The maximum Gasteiger partial charge on any atom is 0.209 e. The molecule has 0 spiro atoms. The van der Waals surface area contributed by atoms with Crippen LogP contribution in [-0.2, 0) is 6.42 Å². The van der Waals surface area contributed by atoms with E-state index >= 15 is 0 Å². The van der Waals surface area contributed by atoms with E-state index in [1.807, 2.05) is 12.1 Å². The fraction of sp³-hybridized carbons (Fsp3) is 0.250. The number of aromatic nitrogens is 2. The third-order valence-electron chi connectivity index (χ3n) is 1.62. The van der Waals surface area contributed by atoms with Crippen LogP contribution in [0.25, 0.3) is 10.8 Å². The normalized spacial score (nSPS) is 10.6. The molecule has 0 unspecified atom stereocenters. The molecule has 0 aliphatic rings. The molecule has 2 aromatic heterocycles. The predicted octanol–water partition coefficient (Wildman–Crippen LogP) is 3.12. The van der Waals surface area contributed by atoms with Crippen molar-refractivity contribution in [2.75, 3.05) is 0 Å². The number of halogens is 1. The average Bonchev–Trinajstić information content (AvgIpc) is 2.71. The molecule has 0 N–H and O–H groups in total. The Bertz CT molecular complexity index is 410. The molecule has 2 heterocycles. The molecule has 3 nitrogen and oxygen atoms in total. The van der Waals surface area contributed by atoms with Gasteiger partial charge in [-0.2, -0.15) is 4.37 Å². The van der Waals surface area contributed by atoms with E-state index in [2.05, 4.69) is 32.2 Å². The van der Waals surface area contributed by atoms with Gasteiger partial charge in [-0.05, 0) is 39.6 Å². The number of furan rings is 1. The van der Waals surface area contributed by atoms with E-state index in [4.69, 9.17) is 4.42 Å². The summed E-state index contributed by atoms with van der Waals surface area (Å²) >= 11 is 4.52. The first-order valence-electron chi connectivity index (χ1n) is 3.88. The van der Waals surface area contributed by atoms with E-state index < -0.39 is 0 Å². The zero-order valence-electron chi connectivity index (χ0n) is 6.95. The van der Waals surface area contributed by atoms with Gasteiger partial charge in [-0.15, -0.1) is 0 Å². The molecule has 0 fully saturated rings. The summed E-state index contributed by atoms with van der Waals surface area (Å²) in [4.78, 5) is 4.16. The zero-order chi connectivity index (χ0) is 9.26. The van der Waals surface area contributed by atoms with Gasteiger partial charge in [0, 0.05) is 6.42 Å². The Morgan fingerprint density at radius 3 is 2.92 bits per heavy atom. The summed E-state index contributed by atoms with van der Waals surface area (Å²) in [5.41, 5.74) is 0. The van der Waals surface area contributed by atoms with E-state index in [1.165, 1.54) is 11.5 Å². The third-order valence-corrected chi connectivity index (χ3v) is 2.94. The molecule has 2 aromatic rings. The Labute approximate surface area is 88.1 Å². The molecule has 5 heteroatoms. The van der Waals surface area contributed by atoms with Crippen LogP contribution in [0.15, 0.2) is 21.3 Å². The van der Waals surface area contributed by atoms with E-state index in [1.54, 1.807) is 0 Å². The molecule has 2 rings (SSSR count). The van der Waals surface area contributed by atoms with Gasteiger partial charge < -0.3 is 4.42 Å². The second kappa shape index (κ2) is 3.59. The lowest BCUT2D eigenvalue weighted by Gasteiger charge is -1.87. The number of hydrogen-bond donors (Lipinski definition) is 0. The maximum atomic E-state index is 5.52. The van der Waals surface area contributed by atoms with E-state index in [0.29, 0.717) is 4.73 Å². The van der Waals surface area contributed by atoms with Crippen molar-refractivity contribution < 1.29 is 4.42 Å². The second-order valence-electron chi connectivity index (χ2n) is 2.49. The molecule has 0 saturated carbocycles. The van der Waals surface area contributed by atoms with Crippen LogP contribution >= 0.6 is 27.5 Å². The lowest BCUT2D eigenvalue weighted by Crippen LogP contribution is -1.71. The van der Waals surface area contributed by atoms with Crippen LogP contribution in [0.5, 0.6) is 0 Å². The highest BCUT2D eigenvalue weighted by Gasteiger charge is 2.08. The molecule has 0 atom stereocenters. The topological polar surface area (TPSA) is 38.9 Å². The Balaban J connectivity index is 2.35. The van der Waals surface area contributed by atoms with Crippen LogP contribution in [0, 0.1) is 0 Å². The number of nitrogens with zero attached hydrogens (tertiary/aromatic N) is 2. The second-order valence-corrected chi connectivity index (χ2v) is 3.95. The molecule has 0 aliphatic heterocycles. The molecule has 0 aromatic carbocycles. The highest BCUT2D eigenvalue weighted by atomic mass is 79.9. The standard InChI is InChI=1S/C8H7BrN2OS/c1-2-5-3-4-6(12-5)7-10-8(9)11-13-7/h3-4H,2H2,1H3. The molecule has 0 amide bonds. The van der Waals surface area contributed by atoms with Crippen molar-refractivity contribution in [2.24, 2.45) is 0 Å². The summed E-state index contributed by atoms with van der Waals surface area (Å²) in [6.45, 7) is 2.05. The van der Waals surface area contributed by atoms with E-state index in [-0.39, 0.29) is 0 Å². The summed E-state index contributed by atoms with van der Waals surface area (Å²) in [6, 6.07) is 3.89. The van der Waals surface area contributed by atoms with Crippen LogP contribution in [0.1, 0.15) is 12.7 Å². The zero-order valence-corrected chi connectivity index (χ0v) is 9.35. The molecular weight excluding hydrogens is 252 g/mol. The lowest BCUT2D eigenvalue weighted by molar-refractivity contribution is 0.529. The molecular formula is C8H7BrN2OS. The van der Waals surface area contributed by atoms with E-state index in [9.17, 15) is 0 Å². The molecule has 13 heavy (non-hydrogen) atoms. The van der Waals surface area contributed by atoms with Gasteiger partial charge in [-0.25, -0.2) is 4.98 Å². The van der Waals surface area contributed by atoms with Gasteiger partial charge in [0.25, 0.3) is 0 Å². The van der Waals surface area contributed by atoms with Crippen molar-refractivity contribution in [3.8, 4) is 10.8 Å². The minimum Gasteiger partial charge on any atom is -0.459 e. The van der Waals surface area contributed by atoms with Gasteiger partial charge in [0.2, 0.25) is 4.73 Å². The molecule has 0 radical (unpaired) electrons. The highest BCUT2D eigenvalue weighted by Crippen LogP contribution is 2.25. The van der Waals surface area contributed by atoms with Crippen molar-refractivity contribution >= 4 is 27.5 Å². The highest BCUT2D eigenvalue weighted by molar-refractivity contribution is 9.10. The Morgan fingerprint density at radius 2 is 2.38 bits per heavy atom. The SMILES string of the molecule is CCc1ccc(-c2nc(Br)ns2)o1. The van der Waals surface area contributed by atoms with Gasteiger partial charge in [-0.1, -0.05) is 6.92 Å². The summed E-state index contributed by atoms with van der Waals surface area (Å²) < 4.78 is 10.1. The average molecular weight is 259 g/mol. The molecule has 68 valence electrons. The lowest BCUT2D eigenvalue weighted by atomic mass is 10.4. The van der Waals surface area contributed by atoms with Crippen LogP contribution in [-0.4, -0.2) is 9.36 Å². The van der Waals surface area contributed by atoms with Crippen molar-refractivity contribution in [3.63, 3.8) is 0 Å². The quantitative estimate of drug-likeness (QED) is 0.831. The van der Waals surface area contributed by atoms with Crippen LogP contribution < -0.4 is 0 Å². The van der Waals surface area contributed by atoms with Crippen LogP contribution in [0.3, 0.4) is 0 Å². The fourth-order valence-corrected chi connectivity index (χ4v) is 2.03. The maximum absolute atomic E-state index is 5.52. The Kier molecular flexibility index (Phi) is 2.46.